The van der Waals surface area contributed by atoms with E-state index in [4.69, 9.17) is 12.2 Å². The smallest absolute Gasteiger partial charge is 0.166 e. The molecule has 3 heteroatoms. The van der Waals surface area contributed by atoms with Gasteiger partial charge in [-0.25, -0.2) is 0 Å². The van der Waals surface area contributed by atoms with Crippen LogP contribution >= 0.6 is 12.2 Å². The predicted molar refractivity (Wildman–Crippen MR) is 88.7 cm³/mol. The summed E-state index contributed by atoms with van der Waals surface area (Å²) < 4.78 is 0. The summed E-state index contributed by atoms with van der Waals surface area (Å²) in [5, 5.41) is 8.04. The van der Waals surface area contributed by atoms with Gasteiger partial charge in [-0.1, -0.05) is 27.7 Å². The molecule has 4 rings (SSSR count). The third-order valence-electron chi connectivity index (χ3n) is 5.68. The van der Waals surface area contributed by atoms with Crippen molar-refractivity contribution in [3.05, 3.63) is 0 Å². The summed E-state index contributed by atoms with van der Waals surface area (Å²) >= 11 is 5.56. The molecule has 114 valence electrons. The van der Waals surface area contributed by atoms with Crippen LogP contribution in [-0.4, -0.2) is 17.2 Å². The van der Waals surface area contributed by atoms with Crippen LogP contribution in [0.4, 0.5) is 0 Å². The van der Waals surface area contributed by atoms with Crippen LogP contribution in [0.3, 0.4) is 0 Å². The fraction of sp³-hybridized carbons (Fsp3) is 0.941. The summed E-state index contributed by atoms with van der Waals surface area (Å²) in [7, 11) is 0. The van der Waals surface area contributed by atoms with Crippen LogP contribution in [0.25, 0.3) is 0 Å². The predicted octanol–water partition coefficient (Wildman–Crippen LogP) is 3.86. The molecule has 0 saturated heterocycles. The summed E-state index contributed by atoms with van der Waals surface area (Å²) in [6.45, 7) is 10.4. The lowest BCUT2D eigenvalue weighted by atomic mass is 9.43. The fourth-order valence-electron chi connectivity index (χ4n) is 6.17. The zero-order valence-electron chi connectivity index (χ0n) is 13.5. The normalized spacial score (nSPS) is 45.8. The van der Waals surface area contributed by atoms with Crippen LogP contribution in [0.2, 0.25) is 0 Å². The van der Waals surface area contributed by atoms with Gasteiger partial charge in [0.1, 0.15) is 0 Å². The van der Waals surface area contributed by atoms with Gasteiger partial charge in [-0.3, -0.25) is 0 Å². The first-order valence-corrected chi connectivity index (χ1v) is 8.69. The average molecular weight is 295 g/mol. The van der Waals surface area contributed by atoms with Gasteiger partial charge in [0.05, 0.1) is 0 Å². The molecule has 0 aromatic heterocycles. The van der Waals surface area contributed by atoms with E-state index in [-0.39, 0.29) is 5.54 Å². The third kappa shape index (κ3) is 2.70. The highest BCUT2D eigenvalue weighted by Crippen LogP contribution is 2.66. The molecular formula is C17H30N2S. The molecule has 4 fully saturated rings. The fourth-order valence-corrected chi connectivity index (χ4v) is 6.47. The van der Waals surface area contributed by atoms with Crippen molar-refractivity contribution in [2.45, 2.75) is 71.8 Å². The van der Waals surface area contributed by atoms with Gasteiger partial charge in [0, 0.05) is 12.1 Å². The van der Waals surface area contributed by atoms with Gasteiger partial charge in [0.15, 0.2) is 5.11 Å². The lowest BCUT2D eigenvalue weighted by Gasteiger charge is -2.65. The average Bonchev–Trinajstić information content (AvgIpc) is 2.20. The minimum absolute atomic E-state index is 0.282. The van der Waals surface area contributed by atoms with Gasteiger partial charge in [-0.15, -0.1) is 0 Å². The Bertz CT molecular complexity index is 399. The standard InChI is InChI=1S/C17H30N2S/c1-12(2)8-18-14(20)19-17-7-13-5-15(3,10-17)9-16(4,6-13)11-17/h12-13H,5-11H2,1-4H3,(H2,18,19,20). The summed E-state index contributed by atoms with van der Waals surface area (Å²) in [6.07, 6.45) is 8.27. The van der Waals surface area contributed by atoms with Crippen molar-refractivity contribution in [1.82, 2.24) is 10.6 Å². The number of thiocarbonyl (C=S) groups is 1. The molecule has 2 nitrogen and oxygen atoms in total. The lowest BCUT2D eigenvalue weighted by molar-refractivity contribution is -0.111. The summed E-state index contributed by atoms with van der Waals surface area (Å²) in [4.78, 5) is 0. The van der Waals surface area contributed by atoms with Gasteiger partial charge < -0.3 is 10.6 Å². The monoisotopic (exact) mass is 294 g/mol. The zero-order valence-corrected chi connectivity index (χ0v) is 14.3. The molecule has 0 aromatic rings. The molecule has 0 amide bonds. The van der Waals surface area contributed by atoms with Crippen LogP contribution in [0.1, 0.15) is 66.2 Å². The number of nitrogens with one attached hydrogen (secondary N) is 2. The molecule has 2 unspecified atom stereocenters. The van der Waals surface area contributed by atoms with E-state index in [1.807, 2.05) is 0 Å². The molecule has 20 heavy (non-hydrogen) atoms. The Kier molecular flexibility index (Phi) is 3.36. The van der Waals surface area contributed by atoms with E-state index in [1.54, 1.807) is 0 Å². The molecule has 0 aromatic carbocycles. The van der Waals surface area contributed by atoms with Crippen LogP contribution < -0.4 is 10.6 Å². The Hall–Kier alpha value is -0.310. The molecule has 4 aliphatic carbocycles. The van der Waals surface area contributed by atoms with Crippen molar-refractivity contribution in [3.63, 3.8) is 0 Å². The first-order chi connectivity index (χ1) is 9.22. The second-order valence-corrected chi connectivity index (χ2v) is 9.55. The molecule has 0 heterocycles. The van der Waals surface area contributed by atoms with Gasteiger partial charge in [0.25, 0.3) is 0 Å². The van der Waals surface area contributed by atoms with Crippen molar-refractivity contribution < 1.29 is 0 Å². The molecule has 0 radical (unpaired) electrons. The summed E-state index contributed by atoms with van der Waals surface area (Å²) in [5.74, 6) is 1.56. The van der Waals surface area contributed by atoms with Crippen molar-refractivity contribution in [2.24, 2.45) is 22.7 Å². The molecule has 0 spiro atoms. The van der Waals surface area contributed by atoms with Gasteiger partial charge in [-0.05, 0) is 73.4 Å². The quantitative estimate of drug-likeness (QED) is 0.773. The van der Waals surface area contributed by atoms with E-state index in [9.17, 15) is 0 Å². The van der Waals surface area contributed by atoms with E-state index >= 15 is 0 Å². The van der Waals surface area contributed by atoms with Crippen LogP contribution in [0, 0.1) is 22.7 Å². The summed E-state index contributed by atoms with van der Waals surface area (Å²) in [5.41, 5.74) is 1.38. The van der Waals surface area contributed by atoms with E-state index in [0.717, 1.165) is 17.6 Å². The minimum atomic E-state index is 0.282. The van der Waals surface area contributed by atoms with Crippen molar-refractivity contribution in [1.29, 1.82) is 0 Å². The highest BCUT2D eigenvalue weighted by molar-refractivity contribution is 7.80. The highest BCUT2D eigenvalue weighted by atomic mass is 32.1. The molecule has 0 aliphatic heterocycles. The van der Waals surface area contributed by atoms with Crippen molar-refractivity contribution in [2.75, 3.05) is 6.54 Å². The van der Waals surface area contributed by atoms with Gasteiger partial charge in [0.2, 0.25) is 0 Å². The van der Waals surface area contributed by atoms with Crippen LogP contribution in [0.15, 0.2) is 0 Å². The van der Waals surface area contributed by atoms with E-state index in [1.165, 1.54) is 38.5 Å². The Labute approximate surface area is 129 Å². The first-order valence-electron chi connectivity index (χ1n) is 8.28. The van der Waals surface area contributed by atoms with Crippen LogP contribution in [0.5, 0.6) is 0 Å². The van der Waals surface area contributed by atoms with Crippen molar-refractivity contribution in [3.8, 4) is 0 Å². The molecular weight excluding hydrogens is 264 g/mol. The molecule has 2 N–H and O–H groups in total. The Morgan fingerprint density at radius 3 is 2.20 bits per heavy atom. The highest BCUT2D eigenvalue weighted by Gasteiger charge is 2.60. The van der Waals surface area contributed by atoms with E-state index < -0.39 is 0 Å². The SMILES string of the molecule is CC(C)CNC(=S)NC12CC3CC(C)(CC(C)(C3)C1)C2. The van der Waals surface area contributed by atoms with Crippen molar-refractivity contribution >= 4 is 17.3 Å². The second kappa shape index (κ2) is 4.59. The van der Waals surface area contributed by atoms with Crippen LogP contribution in [-0.2, 0) is 0 Å². The maximum Gasteiger partial charge on any atom is 0.166 e. The lowest BCUT2D eigenvalue weighted by Crippen LogP contribution is -2.66. The first kappa shape index (κ1) is 14.6. The number of hydrogen-bond donors (Lipinski definition) is 2. The molecule has 4 aliphatic rings. The van der Waals surface area contributed by atoms with Gasteiger partial charge in [-0.2, -0.15) is 0 Å². The maximum absolute atomic E-state index is 5.56. The topological polar surface area (TPSA) is 24.1 Å². The van der Waals surface area contributed by atoms with E-state index in [2.05, 4.69) is 38.3 Å². The molecule has 4 bridgehead atoms. The van der Waals surface area contributed by atoms with E-state index in [0.29, 0.717) is 16.7 Å². The summed E-state index contributed by atoms with van der Waals surface area (Å²) in [6, 6.07) is 0. The second-order valence-electron chi connectivity index (χ2n) is 9.14. The number of rotatable bonds is 3. The third-order valence-corrected chi connectivity index (χ3v) is 5.92. The maximum atomic E-state index is 5.56. The Morgan fingerprint density at radius 2 is 1.70 bits per heavy atom. The minimum Gasteiger partial charge on any atom is -0.362 e. The largest absolute Gasteiger partial charge is 0.362 e. The molecule has 2 atom stereocenters. The molecule has 4 saturated carbocycles. The Morgan fingerprint density at radius 1 is 1.10 bits per heavy atom. The Balaban J connectivity index is 1.71. The van der Waals surface area contributed by atoms with Gasteiger partial charge >= 0.3 is 0 Å². The number of hydrogen-bond acceptors (Lipinski definition) is 1. The zero-order chi connectivity index (χ0) is 14.6.